The Morgan fingerprint density at radius 1 is 0.826 bits per heavy atom. The highest BCUT2D eigenvalue weighted by molar-refractivity contribution is 6.11. The van der Waals surface area contributed by atoms with E-state index >= 15 is 0 Å². The van der Waals surface area contributed by atoms with Gasteiger partial charge in [-0.1, -0.05) is 0 Å². The Kier molecular flexibility index (Phi) is 6.55. The monoisotopic (exact) mass is 332 g/mol. The quantitative estimate of drug-likeness (QED) is 0.145. The first-order valence-electron chi connectivity index (χ1n) is 6.88. The van der Waals surface area contributed by atoms with Gasteiger partial charge in [-0.05, 0) is 33.1 Å². The van der Waals surface area contributed by atoms with Crippen LogP contribution in [-0.4, -0.2) is 50.5 Å². The summed E-state index contributed by atoms with van der Waals surface area (Å²) in [4.78, 5) is 45.4. The molecule has 0 aliphatic rings. The van der Waals surface area contributed by atoms with Gasteiger partial charge in [-0.15, -0.1) is 0 Å². The summed E-state index contributed by atoms with van der Waals surface area (Å²) in [6.45, 7) is 2.08. The number of carboxylic acids is 2. The molecule has 0 aliphatic carbocycles. The van der Waals surface area contributed by atoms with Crippen LogP contribution in [0.4, 0.5) is 0 Å². The van der Waals surface area contributed by atoms with Gasteiger partial charge < -0.3 is 33.1 Å². The molecular formula is C13H24N4O6. The lowest BCUT2D eigenvalue weighted by Crippen LogP contribution is -2.68. The van der Waals surface area contributed by atoms with Crippen LogP contribution in [0.5, 0.6) is 0 Å². The van der Waals surface area contributed by atoms with Crippen molar-refractivity contribution in [3.8, 4) is 0 Å². The average Bonchev–Trinajstić information content (AvgIpc) is 2.41. The van der Waals surface area contributed by atoms with Gasteiger partial charge in [0.2, 0.25) is 0 Å². The van der Waals surface area contributed by atoms with Crippen molar-refractivity contribution in [2.24, 2.45) is 22.9 Å². The first kappa shape index (κ1) is 21.1. The fourth-order valence-corrected chi connectivity index (χ4v) is 1.78. The van der Waals surface area contributed by atoms with Crippen LogP contribution in [0.2, 0.25) is 0 Å². The zero-order chi connectivity index (χ0) is 18.6. The molecule has 0 aliphatic heterocycles. The molecule has 0 unspecified atom stereocenters. The maximum Gasteiger partial charge on any atom is 0.331 e. The number of nitrogens with two attached hydrogens (primary N) is 4. The molecule has 10 N–H and O–H groups in total. The second-order valence-electron chi connectivity index (χ2n) is 6.01. The summed E-state index contributed by atoms with van der Waals surface area (Å²) in [7, 11) is 0. The van der Waals surface area contributed by atoms with E-state index in [-0.39, 0.29) is 25.7 Å². The summed E-state index contributed by atoms with van der Waals surface area (Å²) in [6.07, 6.45) is 0.127. The van der Waals surface area contributed by atoms with Crippen LogP contribution < -0.4 is 22.9 Å². The van der Waals surface area contributed by atoms with Crippen molar-refractivity contribution in [3.05, 3.63) is 0 Å². The molecule has 0 aromatic heterocycles. The maximum absolute atomic E-state index is 12.0. The van der Waals surface area contributed by atoms with Gasteiger partial charge in [0.15, 0.2) is 22.6 Å². The smallest absolute Gasteiger partial charge is 0.331 e. The molecule has 10 heteroatoms. The number of carboxylic acid groups (broad SMARTS) is 2. The van der Waals surface area contributed by atoms with Gasteiger partial charge in [-0.3, -0.25) is 9.59 Å². The Morgan fingerprint density at radius 2 is 1.26 bits per heavy atom. The highest BCUT2D eigenvalue weighted by Gasteiger charge is 2.46. The molecule has 0 saturated heterocycles. The number of hydrogen-bond acceptors (Lipinski definition) is 8. The van der Waals surface area contributed by atoms with Crippen LogP contribution in [0.1, 0.15) is 39.5 Å². The van der Waals surface area contributed by atoms with Crippen molar-refractivity contribution in [2.45, 2.75) is 56.3 Å². The number of ketones is 2. The summed E-state index contributed by atoms with van der Waals surface area (Å²) in [5, 5.41) is 17.7. The lowest BCUT2D eigenvalue weighted by molar-refractivity contribution is -0.150. The van der Waals surface area contributed by atoms with Crippen molar-refractivity contribution >= 4 is 23.5 Å². The zero-order valence-corrected chi connectivity index (χ0v) is 13.2. The molecule has 0 radical (unpaired) electrons. The fraction of sp³-hybridized carbons (Fsp3) is 0.692. The van der Waals surface area contributed by atoms with Crippen molar-refractivity contribution < 1.29 is 29.4 Å². The molecule has 0 rings (SSSR count). The number of rotatable bonds is 10. The van der Waals surface area contributed by atoms with Crippen LogP contribution in [0.25, 0.3) is 0 Å². The number of Topliss-reactive ketones (excluding diaryl/α,β-unsaturated/α-hetero) is 2. The lowest BCUT2D eigenvalue weighted by atomic mass is 9.85. The number of carbonyl (C=O) groups excluding carboxylic acids is 2. The van der Waals surface area contributed by atoms with Crippen LogP contribution >= 0.6 is 0 Å². The van der Waals surface area contributed by atoms with E-state index < -0.39 is 40.2 Å². The SMILES string of the molecule is C[C@@](N)(C(=O)O)C(=O)CCCCC(N)(N)C(=O)[C@](C)(N)C(=O)O. The second kappa shape index (κ2) is 7.13. The van der Waals surface area contributed by atoms with Crippen molar-refractivity contribution in [3.63, 3.8) is 0 Å². The Hall–Kier alpha value is -1.88. The van der Waals surface area contributed by atoms with Gasteiger partial charge in [-0.25, -0.2) is 9.59 Å². The van der Waals surface area contributed by atoms with Crippen LogP contribution in [0, 0.1) is 0 Å². The number of unbranched alkanes of at least 4 members (excludes halogenated alkanes) is 1. The van der Waals surface area contributed by atoms with Crippen molar-refractivity contribution in [2.75, 3.05) is 0 Å². The van der Waals surface area contributed by atoms with E-state index in [0.29, 0.717) is 0 Å². The predicted molar refractivity (Wildman–Crippen MR) is 80.0 cm³/mol. The van der Waals surface area contributed by atoms with Crippen LogP contribution in [-0.2, 0) is 19.2 Å². The van der Waals surface area contributed by atoms with E-state index in [1.54, 1.807) is 0 Å². The Morgan fingerprint density at radius 3 is 1.65 bits per heavy atom. The average molecular weight is 332 g/mol. The third kappa shape index (κ3) is 5.06. The highest BCUT2D eigenvalue weighted by atomic mass is 16.4. The molecular weight excluding hydrogens is 308 g/mol. The summed E-state index contributed by atoms with van der Waals surface area (Å²) in [5.74, 6) is -4.72. The van der Waals surface area contributed by atoms with Gasteiger partial charge in [-0.2, -0.15) is 0 Å². The Bertz CT molecular complexity index is 513. The van der Waals surface area contributed by atoms with Crippen LogP contribution in [0.15, 0.2) is 0 Å². The molecule has 10 nitrogen and oxygen atoms in total. The van der Waals surface area contributed by atoms with Crippen molar-refractivity contribution in [1.82, 2.24) is 0 Å². The summed E-state index contributed by atoms with van der Waals surface area (Å²) in [6, 6.07) is 0. The molecule has 0 amide bonds. The normalized spacial score (nSPS) is 17.0. The molecule has 0 fully saturated rings. The zero-order valence-electron chi connectivity index (χ0n) is 13.2. The van der Waals surface area contributed by atoms with Gasteiger partial charge in [0.25, 0.3) is 0 Å². The first-order chi connectivity index (χ1) is 10.2. The number of hydrogen-bond donors (Lipinski definition) is 6. The fourth-order valence-electron chi connectivity index (χ4n) is 1.78. The molecule has 2 atom stereocenters. The third-order valence-corrected chi connectivity index (χ3v) is 3.61. The van der Waals surface area contributed by atoms with E-state index in [1.807, 2.05) is 0 Å². The van der Waals surface area contributed by atoms with E-state index in [9.17, 15) is 19.2 Å². The van der Waals surface area contributed by atoms with Gasteiger partial charge in [0.05, 0.1) is 0 Å². The third-order valence-electron chi connectivity index (χ3n) is 3.61. The van der Waals surface area contributed by atoms with E-state index in [2.05, 4.69) is 0 Å². The molecule has 0 spiro atoms. The van der Waals surface area contributed by atoms with E-state index in [1.165, 1.54) is 0 Å². The van der Waals surface area contributed by atoms with Crippen molar-refractivity contribution in [1.29, 1.82) is 0 Å². The molecule has 132 valence electrons. The summed E-state index contributed by atoms with van der Waals surface area (Å²) < 4.78 is 0. The largest absolute Gasteiger partial charge is 0.480 e. The van der Waals surface area contributed by atoms with Gasteiger partial charge in [0, 0.05) is 6.42 Å². The molecule has 0 aromatic carbocycles. The summed E-state index contributed by atoms with van der Waals surface area (Å²) in [5.41, 5.74) is 15.8. The molecule has 0 saturated carbocycles. The maximum atomic E-state index is 12.0. The summed E-state index contributed by atoms with van der Waals surface area (Å²) >= 11 is 0. The van der Waals surface area contributed by atoms with Gasteiger partial charge >= 0.3 is 11.9 Å². The molecule has 0 heterocycles. The van der Waals surface area contributed by atoms with Crippen LogP contribution in [0.3, 0.4) is 0 Å². The minimum absolute atomic E-state index is 0.118. The molecule has 23 heavy (non-hydrogen) atoms. The topological polar surface area (TPSA) is 213 Å². The predicted octanol–water partition coefficient (Wildman–Crippen LogP) is -2.10. The minimum atomic E-state index is -2.22. The molecule has 0 aromatic rings. The standard InChI is InChI=1S/C13H24N4O6/c1-11(14,9(20)21)7(18)5-3-4-6-13(16,17)8(19)12(2,15)10(22)23/h3-6,14-17H2,1-2H3,(H,20,21)(H,22,23)/t11-,12-/m0/s1. The Balaban J connectivity index is 4.59. The molecule has 0 bridgehead atoms. The highest BCUT2D eigenvalue weighted by Crippen LogP contribution is 2.16. The second-order valence-corrected chi connectivity index (χ2v) is 6.01. The van der Waals surface area contributed by atoms with E-state index in [4.69, 9.17) is 33.1 Å². The number of aliphatic carboxylic acids is 2. The van der Waals surface area contributed by atoms with E-state index in [0.717, 1.165) is 13.8 Å². The number of carbonyl (C=O) groups is 4. The van der Waals surface area contributed by atoms with Gasteiger partial charge in [0.1, 0.15) is 5.66 Å². The first-order valence-corrected chi connectivity index (χ1v) is 6.88. The Labute approximate surface area is 133 Å². The lowest BCUT2D eigenvalue weighted by Gasteiger charge is -2.30. The minimum Gasteiger partial charge on any atom is -0.480 e.